The summed E-state index contributed by atoms with van der Waals surface area (Å²) in [6, 6.07) is 111. The molecule has 0 radical (unpaired) electrons. The number of hydrogen-bond acceptors (Lipinski definition) is 2. The third-order valence-corrected chi connectivity index (χ3v) is 17.6. The molecule has 2 heteroatoms. The van der Waals surface area contributed by atoms with Crippen LogP contribution < -0.4 is 4.90 Å². The number of thiophene rings is 1. The van der Waals surface area contributed by atoms with Crippen molar-refractivity contribution >= 4 is 48.6 Å². The normalized spacial score (nSPS) is 13.5. The number of rotatable bonds is 9. The molecule has 0 amide bonds. The predicted octanol–water partition coefficient (Wildman–Crippen LogP) is 19.6. The van der Waals surface area contributed by atoms with Gasteiger partial charge in [-0.25, -0.2) is 0 Å². The smallest absolute Gasteiger partial charge is 0.0714 e. The van der Waals surface area contributed by atoms with Gasteiger partial charge in [-0.05, 0) is 150 Å². The lowest BCUT2D eigenvalue weighted by Crippen LogP contribution is -2.28. The van der Waals surface area contributed by atoms with Crippen molar-refractivity contribution in [2.24, 2.45) is 0 Å². The Morgan fingerprint density at radius 1 is 0.237 bits per heavy atom. The van der Waals surface area contributed by atoms with Gasteiger partial charge in [0, 0.05) is 37.2 Å². The molecular weight excluding hydrogens is 935 g/mol. The lowest BCUT2D eigenvalue weighted by Gasteiger charge is -2.35. The summed E-state index contributed by atoms with van der Waals surface area (Å²) >= 11 is 1.86. The summed E-state index contributed by atoms with van der Waals surface area (Å²) < 4.78 is 2.63. The van der Waals surface area contributed by atoms with E-state index in [1.165, 1.54) is 104 Å². The molecular formula is C74H49NS. The van der Waals surface area contributed by atoms with Gasteiger partial charge in [0.25, 0.3) is 0 Å². The summed E-state index contributed by atoms with van der Waals surface area (Å²) in [6.07, 6.45) is 0. The summed E-state index contributed by atoms with van der Waals surface area (Å²) in [7, 11) is 0. The molecule has 0 spiro atoms. The van der Waals surface area contributed by atoms with Gasteiger partial charge in [-0.15, -0.1) is 11.3 Å². The van der Waals surface area contributed by atoms with E-state index >= 15 is 0 Å². The maximum Gasteiger partial charge on any atom is 0.0714 e. The topological polar surface area (TPSA) is 3.24 Å². The van der Waals surface area contributed by atoms with Gasteiger partial charge in [0.05, 0.1) is 10.8 Å². The largest absolute Gasteiger partial charge is 0.310 e. The second kappa shape index (κ2) is 17.7. The second-order valence-electron chi connectivity index (χ2n) is 20.3. The summed E-state index contributed by atoms with van der Waals surface area (Å²) in [5.41, 5.74) is 22.3. The fourth-order valence-electron chi connectivity index (χ4n) is 13.2. The Morgan fingerprint density at radius 2 is 0.684 bits per heavy atom. The Bertz CT molecular complexity index is 4250. The number of anilines is 3. The van der Waals surface area contributed by atoms with Crippen LogP contribution >= 0.6 is 11.3 Å². The zero-order valence-electron chi connectivity index (χ0n) is 41.6. The van der Waals surface area contributed by atoms with Crippen LogP contribution in [0.3, 0.4) is 0 Å². The van der Waals surface area contributed by atoms with Gasteiger partial charge in [0.2, 0.25) is 0 Å². The molecule has 2 aliphatic carbocycles. The summed E-state index contributed by atoms with van der Waals surface area (Å²) in [5.74, 6) is 0. The second-order valence-corrected chi connectivity index (χ2v) is 21.4. The monoisotopic (exact) mass is 983 g/mol. The van der Waals surface area contributed by atoms with Gasteiger partial charge in [-0.2, -0.15) is 0 Å². The molecule has 0 atom stereocenters. The molecule has 0 N–H and O–H groups in total. The molecule has 0 aliphatic heterocycles. The number of nitrogens with zero attached hydrogens (tertiary/aromatic N) is 1. The molecule has 2 aliphatic rings. The van der Waals surface area contributed by atoms with E-state index in [2.05, 4.69) is 302 Å². The standard InChI is InChI=1S/C74H49NS/c1-5-21-54(22-6-1)73(55-23-7-2-8-24-55)68-34-17-14-31-62(68)65-47-53(38-44-69(65)73)51-20-19-29-59(46-51)75(58-40-36-50(37-41-58)52-39-45-72-66(48-52)64-32-15-18-35-71(64)76-72)60-42-43-63-61-30-13-16-33-67(61)74(70(63)49-60,56-25-9-3-10-26-56)57-27-11-4-12-28-57/h1-49H. The Morgan fingerprint density at radius 3 is 1.33 bits per heavy atom. The molecule has 0 fully saturated rings. The van der Waals surface area contributed by atoms with Crippen LogP contribution in [0, 0.1) is 0 Å². The minimum absolute atomic E-state index is 0.455. The van der Waals surface area contributed by atoms with E-state index in [-0.39, 0.29) is 0 Å². The van der Waals surface area contributed by atoms with Gasteiger partial charge in [0.1, 0.15) is 0 Å². The summed E-state index contributed by atoms with van der Waals surface area (Å²) in [6.45, 7) is 0. The van der Waals surface area contributed by atoms with E-state index in [0.717, 1.165) is 22.6 Å². The van der Waals surface area contributed by atoms with E-state index in [9.17, 15) is 0 Å². The van der Waals surface area contributed by atoms with Crippen LogP contribution in [0.1, 0.15) is 44.5 Å². The minimum Gasteiger partial charge on any atom is -0.310 e. The molecule has 1 heterocycles. The highest BCUT2D eigenvalue weighted by atomic mass is 32.1. The van der Waals surface area contributed by atoms with Crippen molar-refractivity contribution in [3.8, 4) is 44.5 Å². The summed E-state index contributed by atoms with van der Waals surface area (Å²) in [5, 5.41) is 2.62. The predicted molar refractivity (Wildman–Crippen MR) is 319 cm³/mol. The first kappa shape index (κ1) is 44.2. The van der Waals surface area contributed by atoms with Crippen molar-refractivity contribution in [3.63, 3.8) is 0 Å². The maximum absolute atomic E-state index is 2.48. The van der Waals surface area contributed by atoms with Crippen LogP contribution in [0.25, 0.3) is 64.7 Å². The molecule has 356 valence electrons. The van der Waals surface area contributed by atoms with Crippen molar-refractivity contribution in [1.29, 1.82) is 0 Å². The van der Waals surface area contributed by atoms with Gasteiger partial charge >= 0.3 is 0 Å². The zero-order valence-corrected chi connectivity index (χ0v) is 42.5. The van der Waals surface area contributed by atoms with Crippen LogP contribution in [-0.2, 0) is 10.8 Å². The highest BCUT2D eigenvalue weighted by Gasteiger charge is 2.47. The third-order valence-electron chi connectivity index (χ3n) is 16.4. The lowest BCUT2D eigenvalue weighted by atomic mass is 9.67. The Balaban J connectivity index is 0.910. The van der Waals surface area contributed by atoms with Gasteiger partial charge < -0.3 is 4.90 Å². The first-order valence-corrected chi connectivity index (χ1v) is 27.1. The first-order chi connectivity index (χ1) is 37.7. The number of benzene rings is 12. The molecule has 0 saturated carbocycles. The van der Waals surface area contributed by atoms with Crippen molar-refractivity contribution in [2.45, 2.75) is 10.8 Å². The molecule has 1 nitrogen and oxygen atoms in total. The molecule has 0 saturated heterocycles. The van der Waals surface area contributed by atoms with Crippen molar-refractivity contribution < 1.29 is 0 Å². The van der Waals surface area contributed by atoms with Crippen LogP contribution in [0.4, 0.5) is 17.1 Å². The summed E-state index contributed by atoms with van der Waals surface area (Å²) in [4.78, 5) is 2.46. The van der Waals surface area contributed by atoms with Crippen LogP contribution in [0.5, 0.6) is 0 Å². The Labute approximate surface area is 447 Å². The van der Waals surface area contributed by atoms with E-state index in [4.69, 9.17) is 0 Å². The molecule has 0 bridgehead atoms. The van der Waals surface area contributed by atoms with Crippen LogP contribution in [-0.4, -0.2) is 0 Å². The van der Waals surface area contributed by atoms with E-state index in [1.807, 2.05) is 11.3 Å². The fraction of sp³-hybridized carbons (Fsp3) is 0.0270. The average molecular weight is 984 g/mol. The highest BCUT2D eigenvalue weighted by molar-refractivity contribution is 7.25. The number of hydrogen-bond donors (Lipinski definition) is 0. The minimum atomic E-state index is -0.540. The third kappa shape index (κ3) is 6.64. The lowest BCUT2D eigenvalue weighted by molar-refractivity contribution is 0.768. The molecule has 13 aromatic rings. The van der Waals surface area contributed by atoms with Crippen LogP contribution in [0.15, 0.2) is 297 Å². The Hall–Kier alpha value is -9.34. The van der Waals surface area contributed by atoms with Gasteiger partial charge in [-0.1, -0.05) is 237 Å². The SMILES string of the molecule is c1ccc(C2(c3ccccc3)c3ccccc3-c3cc(-c4cccc(N(c5ccc(-c6ccc7sc8ccccc8c7c6)cc5)c5ccc6c(c5)C(c5ccccc5)(c5ccccc5)c5ccccc5-6)c4)ccc32)cc1. The maximum atomic E-state index is 2.48. The van der Waals surface area contributed by atoms with Gasteiger partial charge in [0.15, 0.2) is 0 Å². The Kier molecular flexibility index (Phi) is 10.3. The molecule has 0 unspecified atom stereocenters. The quantitative estimate of drug-likeness (QED) is 0.139. The molecule has 1 aromatic heterocycles. The van der Waals surface area contributed by atoms with E-state index in [1.54, 1.807) is 0 Å². The molecule has 15 rings (SSSR count). The molecule has 12 aromatic carbocycles. The van der Waals surface area contributed by atoms with Crippen LogP contribution in [0.2, 0.25) is 0 Å². The highest BCUT2D eigenvalue weighted by Crippen LogP contribution is 2.59. The first-order valence-electron chi connectivity index (χ1n) is 26.3. The van der Waals surface area contributed by atoms with Crippen molar-refractivity contribution in [2.75, 3.05) is 4.90 Å². The van der Waals surface area contributed by atoms with E-state index in [0.29, 0.717) is 0 Å². The van der Waals surface area contributed by atoms with Crippen molar-refractivity contribution in [3.05, 3.63) is 342 Å². The zero-order chi connectivity index (χ0) is 50.2. The molecule has 76 heavy (non-hydrogen) atoms. The fourth-order valence-corrected chi connectivity index (χ4v) is 14.3. The van der Waals surface area contributed by atoms with Gasteiger partial charge in [-0.3, -0.25) is 0 Å². The number of fused-ring (bicyclic) bond motifs is 9. The van der Waals surface area contributed by atoms with Crippen molar-refractivity contribution in [1.82, 2.24) is 0 Å². The van der Waals surface area contributed by atoms with E-state index < -0.39 is 10.8 Å². The average Bonchev–Trinajstić information content (AvgIpc) is 4.20.